The van der Waals surface area contributed by atoms with Crippen LogP contribution in [0.4, 0.5) is 5.13 Å². The van der Waals surface area contributed by atoms with Crippen molar-refractivity contribution in [3.05, 3.63) is 34.3 Å². The lowest BCUT2D eigenvalue weighted by atomic mass is 9.97. The Balaban J connectivity index is 1.37. The molecule has 156 valence electrons. The Morgan fingerprint density at radius 2 is 1.90 bits per heavy atom. The molecule has 0 unspecified atom stereocenters. The van der Waals surface area contributed by atoms with Gasteiger partial charge < -0.3 is 5.32 Å². The first kappa shape index (κ1) is 20.4. The van der Waals surface area contributed by atoms with Crippen molar-refractivity contribution < 1.29 is 13.2 Å². The molecule has 1 aliphatic heterocycles. The van der Waals surface area contributed by atoms with Crippen LogP contribution < -0.4 is 5.32 Å². The van der Waals surface area contributed by atoms with Gasteiger partial charge in [0, 0.05) is 24.9 Å². The number of piperidine rings is 1. The molecule has 2 aliphatic rings. The zero-order valence-corrected chi connectivity index (χ0v) is 18.4. The fourth-order valence-electron chi connectivity index (χ4n) is 3.94. The monoisotopic (exact) mass is 434 g/mol. The highest BCUT2D eigenvalue weighted by Crippen LogP contribution is 2.29. The molecule has 1 amide bonds. The minimum Gasteiger partial charge on any atom is -0.300 e. The van der Waals surface area contributed by atoms with E-state index in [9.17, 15) is 13.2 Å². The van der Waals surface area contributed by atoms with Crippen molar-refractivity contribution in [2.24, 2.45) is 5.92 Å². The molecule has 2 heterocycles. The van der Waals surface area contributed by atoms with Crippen molar-refractivity contribution in [3.63, 3.8) is 0 Å². The standard InChI is InChI=1S/C20H26N4O3S2/c1-13(2)19-22-23-20(28-19)21-18(25)15-8-10-24(11-9-15)29(26,27)17-7-6-14-4-3-5-16(14)12-17/h6-7,12-13,15H,3-5,8-11H2,1-2H3,(H,21,23,25). The zero-order chi connectivity index (χ0) is 20.6. The third-order valence-electron chi connectivity index (χ3n) is 5.70. The van der Waals surface area contributed by atoms with Gasteiger partial charge in [-0.15, -0.1) is 10.2 Å². The third-order valence-corrected chi connectivity index (χ3v) is 8.73. The second-order valence-electron chi connectivity index (χ2n) is 8.05. The summed E-state index contributed by atoms with van der Waals surface area (Å²) in [5.74, 6) is -0.0512. The summed E-state index contributed by atoms with van der Waals surface area (Å²) in [4.78, 5) is 12.9. The first-order valence-electron chi connectivity index (χ1n) is 10.1. The van der Waals surface area contributed by atoms with E-state index >= 15 is 0 Å². The fraction of sp³-hybridized carbons (Fsp3) is 0.550. The van der Waals surface area contributed by atoms with E-state index in [4.69, 9.17) is 0 Å². The highest BCUT2D eigenvalue weighted by atomic mass is 32.2. The number of anilines is 1. The Kier molecular flexibility index (Phi) is 5.72. The predicted octanol–water partition coefficient (Wildman–Crippen LogP) is 3.19. The highest BCUT2D eigenvalue weighted by molar-refractivity contribution is 7.89. The van der Waals surface area contributed by atoms with E-state index in [1.807, 2.05) is 26.0 Å². The number of aryl methyl sites for hydroxylation is 2. The summed E-state index contributed by atoms with van der Waals surface area (Å²) in [6, 6.07) is 5.50. The molecule has 1 aromatic carbocycles. The minimum atomic E-state index is -3.52. The Morgan fingerprint density at radius 1 is 1.17 bits per heavy atom. The van der Waals surface area contributed by atoms with Gasteiger partial charge in [-0.3, -0.25) is 4.79 Å². The summed E-state index contributed by atoms with van der Waals surface area (Å²) in [7, 11) is -3.52. The number of hydrogen-bond donors (Lipinski definition) is 1. The molecule has 0 spiro atoms. The Hall–Kier alpha value is -1.84. The number of nitrogens with zero attached hydrogens (tertiary/aromatic N) is 3. The number of aromatic nitrogens is 2. The minimum absolute atomic E-state index is 0.106. The van der Waals surface area contributed by atoms with Gasteiger partial charge in [0.15, 0.2) is 0 Å². The van der Waals surface area contributed by atoms with Crippen molar-refractivity contribution in [1.82, 2.24) is 14.5 Å². The number of carbonyl (C=O) groups is 1. The highest BCUT2D eigenvalue weighted by Gasteiger charge is 2.33. The van der Waals surface area contributed by atoms with Gasteiger partial charge in [-0.2, -0.15) is 4.31 Å². The number of sulfonamides is 1. The molecule has 29 heavy (non-hydrogen) atoms. The van der Waals surface area contributed by atoms with Gasteiger partial charge in [-0.05, 0) is 55.4 Å². The van der Waals surface area contributed by atoms with Crippen LogP contribution in [-0.2, 0) is 27.7 Å². The van der Waals surface area contributed by atoms with Crippen LogP contribution in [0.2, 0.25) is 0 Å². The molecule has 0 saturated carbocycles. The molecule has 1 fully saturated rings. The van der Waals surface area contributed by atoms with Crippen LogP contribution in [0, 0.1) is 5.92 Å². The van der Waals surface area contributed by atoms with Gasteiger partial charge in [-0.1, -0.05) is 31.3 Å². The van der Waals surface area contributed by atoms with Crippen LogP contribution in [0.1, 0.15) is 55.2 Å². The molecule has 0 radical (unpaired) electrons. The van der Waals surface area contributed by atoms with Gasteiger partial charge in [0.25, 0.3) is 0 Å². The van der Waals surface area contributed by atoms with E-state index in [1.165, 1.54) is 21.2 Å². The van der Waals surface area contributed by atoms with E-state index in [-0.39, 0.29) is 17.7 Å². The molecule has 1 aromatic heterocycles. The molecule has 4 rings (SSSR count). The molecule has 1 N–H and O–H groups in total. The SMILES string of the molecule is CC(C)c1nnc(NC(=O)C2CCN(S(=O)(=O)c3ccc4c(c3)CCC4)CC2)s1. The van der Waals surface area contributed by atoms with Gasteiger partial charge >= 0.3 is 0 Å². The largest absolute Gasteiger partial charge is 0.300 e. The van der Waals surface area contributed by atoms with Crippen molar-refractivity contribution >= 4 is 32.4 Å². The second-order valence-corrected chi connectivity index (χ2v) is 11.0. The van der Waals surface area contributed by atoms with Crippen LogP contribution in [-0.4, -0.2) is 41.9 Å². The quantitative estimate of drug-likeness (QED) is 0.780. The number of carbonyl (C=O) groups excluding carboxylic acids is 1. The maximum atomic E-state index is 13.0. The van der Waals surface area contributed by atoms with Gasteiger partial charge in [0.1, 0.15) is 5.01 Å². The van der Waals surface area contributed by atoms with Crippen LogP contribution in [0.15, 0.2) is 23.1 Å². The topological polar surface area (TPSA) is 92.3 Å². The van der Waals surface area contributed by atoms with Crippen molar-refractivity contribution in [2.75, 3.05) is 18.4 Å². The number of amides is 1. The van der Waals surface area contributed by atoms with Crippen molar-refractivity contribution in [2.45, 2.75) is 56.8 Å². The Bertz CT molecular complexity index is 1010. The number of hydrogen-bond acceptors (Lipinski definition) is 6. The van der Waals surface area contributed by atoms with E-state index in [0.29, 0.717) is 36.0 Å². The molecule has 1 aliphatic carbocycles. The molecular weight excluding hydrogens is 408 g/mol. The normalized spacial score (nSPS) is 18.2. The first-order valence-corrected chi connectivity index (χ1v) is 12.4. The summed E-state index contributed by atoms with van der Waals surface area (Å²) in [5.41, 5.74) is 2.41. The van der Waals surface area contributed by atoms with E-state index in [2.05, 4.69) is 15.5 Å². The Labute approximate surface area is 175 Å². The van der Waals surface area contributed by atoms with E-state index < -0.39 is 10.0 Å². The molecule has 0 bridgehead atoms. The molecule has 1 saturated heterocycles. The maximum Gasteiger partial charge on any atom is 0.243 e. The van der Waals surface area contributed by atoms with Crippen LogP contribution >= 0.6 is 11.3 Å². The summed E-state index contributed by atoms with van der Waals surface area (Å²) >= 11 is 1.38. The first-order chi connectivity index (χ1) is 13.8. The molecule has 2 aromatic rings. The molecule has 7 nitrogen and oxygen atoms in total. The Morgan fingerprint density at radius 3 is 2.59 bits per heavy atom. The number of nitrogens with one attached hydrogen (secondary N) is 1. The van der Waals surface area contributed by atoms with E-state index in [1.54, 1.807) is 6.07 Å². The zero-order valence-electron chi connectivity index (χ0n) is 16.7. The lowest BCUT2D eigenvalue weighted by Crippen LogP contribution is -2.41. The van der Waals surface area contributed by atoms with E-state index in [0.717, 1.165) is 29.8 Å². The summed E-state index contributed by atoms with van der Waals surface area (Å²) in [5, 5.41) is 12.3. The summed E-state index contributed by atoms with van der Waals surface area (Å²) in [6.07, 6.45) is 4.08. The lowest BCUT2D eigenvalue weighted by molar-refractivity contribution is -0.120. The maximum absolute atomic E-state index is 13.0. The van der Waals surface area contributed by atoms with Gasteiger partial charge in [-0.25, -0.2) is 8.42 Å². The van der Waals surface area contributed by atoms with Crippen molar-refractivity contribution in [3.8, 4) is 0 Å². The van der Waals surface area contributed by atoms with Gasteiger partial charge in [0.2, 0.25) is 21.1 Å². The molecule has 0 atom stereocenters. The predicted molar refractivity (Wildman–Crippen MR) is 113 cm³/mol. The average molecular weight is 435 g/mol. The van der Waals surface area contributed by atoms with Crippen LogP contribution in [0.25, 0.3) is 0 Å². The number of fused-ring (bicyclic) bond motifs is 1. The number of benzene rings is 1. The lowest BCUT2D eigenvalue weighted by Gasteiger charge is -2.30. The smallest absolute Gasteiger partial charge is 0.243 e. The average Bonchev–Trinajstić information content (AvgIpc) is 3.36. The van der Waals surface area contributed by atoms with Crippen molar-refractivity contribution in [1.29, 1.82) is 0 Å². The fourth-order valence-corrected chi connectivity index (χ4v) is 6.21. The molecule has 9 heteroatoms. The second kappa shape index (κ2) is 8.12. The van der Waals surface area contributed by atoms with Crippen LogP contribution in [0.5, 0.6) is 0 Å². The summed E-state index contributed by atoms with van der Waals surface area (Å²) < 4.78 is 27.6. The van der Waals surface area contributed by atoms with Crippen LogP contribution in [0.3, 0.4) is 0 Å². The number of rotatable bonds is 5. The third kappa shape index (κ3) is 4.22. The molecular formula is C20H26N4O3S2. The van der Waals surface area contributed by atoms with Gasteiger partial charge in [0.05, 0.1) is 4.90 Å². The summed E-state index contributed by atoms with van der Waals surface area (Å²) in [6.45, 7) is 4.77.